The van der Waals surface area contributed by atoms with Gasteiger partial charge in [-0.05, 0) is 12.8 Å². The molecule has 1 aromatic rings. The molecule has 0 radical (unpaired) electrons. The van der Waals surface area contributed by atoms with E-state index < -0.39 is 0 Å². The van der Waals surface area contributed by atoms with Gasteiger partial charge in [0.05, 0.1) is 5.69 Å². The Morgan fingerprint density at radius 2 is 2.12 bits per heavy atom. The Hall–Kier alpha value is -0.590. The number of carbonyl (C=O) groups excluding carboxylic acids is 1. The van der Waals surface area contributed by atoms with Crippen LogP contribution in [0, 0.1) is 19.8 Å². The molecule has 0 spiro atoms. The van der Waals surface area contributed by atoms with Crippen molar-refractivity contribution in [2.24, 2.45) is 5.92 Å². The number of oxazole rings is 1. The van der Waals surface area contributed by atoms with Gasteiger partial charge in [0, 0.05) is 17.4 Å². The number of aryl methyl sites for hydroxylation is 2. The highest BCUT2D eigenvalue weighted by atomic mass is 127. The maximum absolute atomic E-state index is 11.9. The van der Waals surface area contributed by atoms with Gasteiger partial charge in [-0.1, -0.05) is 36.4 Å². The predicted octanol–water partition coefficient (Wildman–Crippen LogP) is 2.48. The third-order valence-corrected chi connectivity index (χ3v) is 3.35. The molecule has 0 fully saturated rings. The van der Waals surface area contributed by atoms with E-state index in [1.807, 2.05) is 0 Å². The Labute approximate surface area is 109 Å². The van der Waals surface area contributed by atoms with Crippen LogP contribution in [0.3, 0.4) is 0 Å². The zero-order chi connectivity index (χ0) is 12.3. The van der Waals surface area contributed by atoms with Crippen LogP contribution in [-0.4, -0.2) is 21.4 Å². The van der Waals surface area contributed by atoms with Crippen molar-refractivity contribution in [3.05, 3.63) is 17.3 Å². The fraction of sp³-hybridized carbons (Fsp3) is 0.636. The number of alkyl halides is 1. The Morgan fingerprint density at radius 1 is 1.50 bits per heavy atom. The largest absolute Gasteiger partial charge is 0.436 e. The summed E-state index contributed by atoms with van der Waals surface area (Å²) in [6.45, 7) is 7.69. The van der Waals surface area contributed by atoms with Gasteiger partial charge in [0.1, 0.15) is 0 Å². The third-order valence-electron chi connectivity index (χ3n) is 2.40. The van der Waals surface area contributed by atoms with E-state index in [1.165, 1.54) is 0 Å². The summed E-state index contributed by atoms with van der Waals surface area (Å²) < 4.78 is 6.16. The van der Waals surface area contributed by atoms with E-state index in [0.717, 1.165) is 4.43 Å². The van der Waals surface area contributed by atoms with Gasteiger partial charge in [-0.3, -0.25) is 4.79 Å². The van der Waals surface area contributed by atoms with Gasteiger partial charge in [-0.2, -0.15) is 0 Å². The lowest BCUT2D eigenvalue weighted by molar-refractivity contribution is 0.0902. The molecular formula is C11H17IN2O2. The van der Waals surface area contributed by atoms with Crippen LogP contribution in [0.1, 0.15) is 36.0 Å². The van der Waals surface area contributed by atoms with E-state index in [0.29, 0.717) is 23.3 Å². The Bertz CT molecular complexity index is 374. The molecule has 1 heterocycles. The van der Waals surface area contributed by atoms with Gasteiger partial charge in [0.25, 0.3) is 5.91 Å². The first-order valence-corrected chi connectivity index (χ1v) is 6.79. The molecular weight excluding hydrogens is 319 g/mol. The average molecular weight is 336 g/mol. The summed E-state index contributed by atoms with van der Waals surface area (Å²) in [5, 5.41) is 2.96. The van der Waals surface area contributed by atoms with Crippen molar-refractivity contribution in [1.82, 2.24) is 10.3 Å². The van der Waals surface area contributed by atoms with E-state index in [2.05, 4.69) is 46.7 Å². The number of aromatic nitrogens is 1. The zero-order valence-electron chi connectivity index (χ0n) is 10.0. The summed E-state index contributed by atoms with van der Waals surface area (Å²) >= 11 is 2.27. The van der Waals surface area contributed by atoms with E-state index >= 15 is 0 Å². The number of rotatable bonds is 4. The Balaban J connectivity index is 2.75. The van der Waals surface area contributed by atoms with Crippen LogP contribution in [0.15, 0.2) is 4.42 Å². The van der Waals surface area contributed by atoms with Gasteiger partial charge in [0.2, 0.25) is 5.76 Å². The summed E-state index contributed by atoms with van der Waals surface area (Å²) in [5.74, 6) is 1.09. The van der Waals surface area contributed by atoms with E-state index in [9.17, 15) is 4.79 Å². The molecule has 0 aromatic carbocycles. The van der Waals surface area contributed by atoms with E-state index in [4.69, 9.17) is 4.42 Å². The summed E-state index contributed by atoms with van der Waals surface area (Å²) in [4.78, 5) is 16.0. The first-order chi connectivity index (χ1) is 7.45. The van der Waals surface area contributed by atoms with Crippen LogP contribution < -0.4 is 5.32 Å². The molecule has 1 atom stereocenters. The lowest BCUT2D eigenvalue weighted by Crippen LogP contribution is -2.39. The van der Waals surface area contributed by atoms with Crippen molar-refractivity contribution < 1.29 is 9.21 Å². The number of amides is 1. The van der Waals surface area contributed by atoms with Crippen LogP contribution in [0.4, 0.5) is 0 Å². The highest BCUT2D eigenvalue weighted by Gasteiger charge is 2.20. The molecule has 5 heteroatoms. The molecule has 0 aliphatic heterocycles. The molecule has 0 aliphatic rings. The smallest absolute Gasteiger partial charge is 0.289 e. The normalized spacial score (nSPS) is 12.9. The molecule has 1 N–H and O–H groups in total. The first kappa shape index (κ1) is 13.5. The van der Waals surface area contributed by atoms with Crippen molar-refractivity contribution in [1.29, 1.82) is 0 Å². The number of halogens is 1. The molecule has 90 valence electrons. The second-order valence-corrected chi connectivity index (χ2v) is 5.01. The van der Waals surface area contributed by atoms with Crippen molar-refractivity contribution in [3.8, 4) is 0 Å². The van der Waals surface area contributed by atoms with Crippen LogP contribution in [0.5, 0.6) is 0 Å². The van der Waals surface area contributed by atoms with E-state index in [-0.39, 0.29) is 11.9 Å². The molecule has 0 bridgehead atoms. The monoisotopic (exact) mass is 336 g/mol. The minimum absolute atomic E-state index is 0.165. The van der Waals surface area contributed by atoms with Gasteiger partial charge in [-0.25, -0.2) is 4.98 Å². The SMILES string of the molecule is Cc1nc(C)c(C(=O)NC(CI)C(C)C)o1. The van der Waals surface area contributed by atoms with Crippen LogP contribution in [0.2, 0.25) is 0 Å². The average Bonchev–Trinajstić information content (AvgIpc) is 2.53. The lowest BCUT2D eigenvalue weighted by atomic mass is 10.1. The maximum Gasteiger partial charge on any atom is 0.289 e. The van der Waals surface area contributed by atoms with Gasteiger partial charge in [-0.15, -0.1) is 0 Å². The number of hydrogen-bond donors (Lipinski definition) is 1. The molecule has 4 nitrogen and oxygen atoms in total. The number of carbonyl (C=O) groups is 1. The fourth-order valence-corrected chi connectivity index (χ4v) is 2.60. The maximum atomic E-state index is 11.9. The second-order valence-electron chi connectivity index (χ2n) is 4.13. The minimum Gasteiger partial charge on any atom is -0.436 e. The third kappa shape index (κ3) is 3.20. The van der Waals surface area contributed by atoms with Crippen molar-refractivity contribution in [2.75, 3.05) is 4.43 Å². The summed E-state index contributed by atoms with van der Waals surface area (Å²) in [5.41, 5.74) is 0.644. The molecule has 0 saturated heterocycles. The fourth-order valence-electron chi connectivity index (χ4n) is 1.36. The summed E-state index contributed by atoms with van der Waals surface area (Å²) in [6.07, 6.45) is 0. The van der Waals surface area contributed by atoms with Gasteiger partial charge < -0.3 is 9.73 Å². The quantitative estimate of drug-likeness (QED) is 0.679. The van der Waals surface area contributed by atoms with Crippen molar-refractivity contribution in [2.45, 2.75) is 33.7 Å². The van der Waals surface area contributed by atoms with Crippen LogP contribution >= 0.6 is 22.6 Å². The summed E-state index contributed by atoms with van der Waals surface area (Å²) in [7, 11) is 0. The Morgan fingerprint density at radius 3 is 2.50 bits per heavy atom. The second kappa shape index (κ2) is 5.65. The topological polar surface area (TPSA) is 55.1 Å². The van der Waals surface area contributed by atoms with Crippen LogP contribution in [0.25, 0.3) is 0 Å². The molecule has 0 aliphatic carbocycles. The molecule has 16 heavy (non-hydrogen) atoms. The molecule has 1 amide bonds. The standard InChI is InChI=1S/C11H17IN2O2/c1-6(2)9(5-12)14-11(15)10-7(3)13-8(4)16-10/h6,9H,5H2,1-4H3,(H,14,15). The van der Waals surface area contributed by atoms with Crippen LogP contribution in [-0.2, 0) is 0 Å². The number of hydrogen-bond acceptors (Lipinski definition) is 3. The zero-order valence-corrected chi connectivity index (χ0v) is 12.2. The minimum atomic E-state index is -0.173. The Kier molecular flexibility index (Phi) is 4.76. The first-order valence-electron chi connectivity index (χ1n) is 5.26. The highest BCUT2D eigenvalue weighted by Crippen LogP contribution is 2.11. The lowest BCUT2D eigenvalue weighted by Gasteiger charge is -2.19. The summed E-state index contributed by atoms with van der Waals surface area (Å²) in [6, 6.07) is 0.165. The number of nitrogens with one attached hydrogen (secondary N) is 1. The highest BCUT2D eigenvalue weighted by molar-refractivity contribution is 14.1. The van der Waals surface area contributed by atoms with Crippen molar-refractivity contribution >= 4 is 28.5 Å². The van der Waals surface area contributed by atoms with Gasteiger partial charge in [0.15, 0.2) is 5.89 Å². The van der Waals surface area contributed by atoms with E-state index in [1.54, 1.807) is 13.8 Å². The molecule has 1 rings (SSSR count). The molecule has 1 aromatic heterocycles. The van der Waals surface area contributed by atoms with Crippen molar-refractivity contribution in [3.63, 3.8) is 0 Å². The molecule has 0 saturated carbocycles. The molecule has 1 unspecified atom stereocenters. The number of nitrogens with zero attached hydrogens (tertiary/aromatic N) is 1. The van der Waals surface area contributed by atoms with Gasteiger partial charge >= 0.3 is 0 Å². The predicted molar refractivity (Wildman–Crippen MR) is 71.0 cm³/mol.